The minimum Gasteiger partial charge on any atom is -0.377 e. The molecule has 2 atom stereocenters. The molecule has 0 bridgehead atoms. The zero-order valence-corrected chi connectivity index (χ0v) is 13.4. The molecule has 0 radical (unpaired) electrons. The van der Waals surface area contributed by atoms with Crippen LogP contribution in [0.5, 0.6) is 0 Å². The lowest BCUT2D eigenvalue weighted by molar-refractivity contribution is 0.0301. The van der Waals surface area contributed by atoms with Crippen LogP contribution >= 0.6 is 23.2 Å². The maximum Gasteiger partial charge on any atom is 0.0730 e. The van der Waals surface area contributed by atoms with E-state index in [9.17, 15) is 0 Å². The van der Waals surface area contributed by atoms with Gasteiger partial charge in [-0.25, -0.2) is 0 Å². The molecular weight excluding hydrogens is 281 g/mol. The van der Waals surface area contributed by atoms with Crippen molar-refractivity contribution in [1.29, 1.82) is 0 Å². The molecule has 0 saturated heterocycles. The zero-order valence-electron chi connectivity index (χ0n) is 11.9. The van der Waals surface area contributed by atoms with E-state index in [2.05, 4.69) is 12.2 Å². The Labute approximate surface area is 126 Å². The largest absolute Gasteiger partial charge is 0.377 e. The second kappa shape index (κ2) is 8.80. The third-order valence-corrected chi connectivity index (χ3v) is 3.97. The lowest BCUT2D eigenvalue weighted by atomic mass is 9.98. The first kappa shape index (κ1) is 16.8. The van der Waals surface area contributed by atoms with E-state index in [0.717, 1.165) is 41.5 Å². The van der Waals surface area contributed by atoms with Crippen LogP contribution in [0.15, 0.2) is 18.2 Å². The first-order valence-corrected chi connectivity index (χ1v) is 7.61. The monoisotopic (exact) mass is 303 g/mol. The van der Waals surface area contributed by atoms with Crippen LogP contribution in [0.2, 0.25) is 10.0 Å². The van der Waals surface area contributed by atoms with Gasteiger partial charge in [-0.3, -0.25) is 0 Å². The van der Waals surface area contributed by atoms with E-state index in [1.165, 1.54) is 0 Å². The molecule has 0 aliphatic carbocycles. The van der Waals surface area contributed by atoms with Crippen molar-refractivity contribution in [3.63, 3.8) is 0 Å². The summed E-state index contributed by atoms with van der Waals surface area (Å²) in [6.45, 7) is 4.91. The van der Waals surface area contributed by atoms with Crippen molar-refractivity contribution in [1.82, 2.24) is 5.32 Å². The van der Waals surface area contributed by atoms with Gasteiger partial charge in [0.05, 0.1) is 6.10 Å². The second-order valence-electron chi connectivity index (χ2n) is 4.58. The Morgan fingerprint density at radius 3 is 2.32 bits per heavy atom. The molecule has 0 fully saturated rings. The fourth-order valence-electron chi connectivity index (χ4n) is 2.27. The van der Waals surface area contributed by atoms with Gasteiger partial charge in [0.1, 0.15) is 0 Å². The summed E-state index contributed by atoms with van der Waals surface area (Å²) < 4.78 is 5.84. The van der Waals surface area contributed by atoms with Gasteiger partial charge in [-0.05, 0) is 44.5 Å². The Kier molecular flexibility index (Phi) is 7.77. The molecule has 0 aromatic heterocycles. The number of halogens is 2. The van der Waals surface area contributed by atoms with Gasteiger partial charge in [-0.2, -0.15) is 0 Å². The third-order valence-electron chi connectivity index (χ3n) is 3.26. The predicted molar refractivity (Wildman–Crippen MR) is 83.3 cm³/mol. The highest BCUT2D eigenvalue weighted by Crippen LogP contribution is 2.26. The Hall–Kier alpha value is -0.280. The first-order chi connectivity index (χ1) is 9.13. The van der Waals surface area contributed by atoms with E-state index in [1.807, 2.05) is 32.2 Å². The molecule has 0 aliphatic rings. The Bertz CT molecular complexity index is 358. The zero-order chi connectivity index (χ0) is 14.3. The van der Waals surface area contributed by atoms with Crippen molar-refractivity contribution in [2.75, 3.05) is 13.7 Å². The SMILES string of the molecule is CCCC(OCC)C(Cc1c(Cl)cccc1Cl)NC. The second-order valence-corrected chi connectivity index (χ2v) is 5.40. The minimum absolute atomic E-state index is 0.187. The summed E-state index contributed by atoms with van der Waals surface area (Å²) in [7, 11) is 1.96. The Morgan fingerprint density at radius 1 is 1.21 bits per heavy atom. The number of ether oxygens (including phenoxy) is 1. The number of rotatable bonds is 8. The molecule has 0 saturated carbocycles. The summed E-state index contributed by atoms with van der Waals surface area (Å²) in [4.78, 5) is 0. The number of hydrogen-bond donors (Lipinski definition) is 1. The van der Waals surface area contributed by atoms with Crippen molar-refractivity contribution in [3.05, 3.63) is 33.8 Å². The summed E-state index contributed by atoms with van der Waals surface area (Å²) in [6, 6.07) is 5.85. The quantitative estimate of drug-likeness (QED) is 0.772. The smallest absolute Gasteiger partial charge is 0.0730 e. The molecule has 0 heterocycles. The van der Waals surface area contributed by atoms with Crippen LogP contribution in [0.1, 0.15) is 32.3 Å². The molecular formula is C15H23Cl2NO. The molecule has 1 aromatic carbocycles. The number of likely N-dealkylation sites (N-methyl/N-ethyl adjacent to an activating group) is 1. The van der Waals surface area contributed by atoms with Crippen LogP contribution in [0.3, 0.4) is 0 Å². The normalized spacial score (nSPS) is 14.4. The average molecular weight is 304 g/mol. The summed E-state index contributed by atoms with van der Waals surface area (Å²) in [5.41, 5.74) is 0.992. The van der Waals surface area contributed by atoms with Crippen molar-refractivity contribution in [2.45, 2.75) is 45.3 Å². The third kappa shape index (κ3) is 4.96. The van der Waals surface area contributed by atoms with E-state index >= 15 is 0 Å². The molecule has 4 heteroatoms. The van der Waals surface area contributed by atoms with E-state index in [0.29, 0.717) is 0 Å². The van der Waals surface area contributed by atoms with Crippen LogP contribution in [-0.4, -0.2) is 25.8 Å². The van der Waals surface area contributed by atoms with Gasteiger partial charge in [0.15, 0.2) is 0 Å². The lowest BCUT2D eigenvalue weighted by Crippen LogP contribution is -2.41. The van der Waals surface area contributed by atoms with Crippen LogP contribution in [0, 0.1) is 0 Å². The van der Waals surface area contributed by atoms with E-state index < -0.39 is 0 Å². The maximum absolute atomic E-state index is 6.24. The summed E-state index contributed by atoms with van der Waals surface area (Å²) in [5.74, 6) is 0. The van der Waals surface area contributed by atoms with Gasteiger partial charge in [-0.1, -0.05) is 42.6 Å². The molecule has 19 heavy (non-hydrogen) atoms. The molecule has 0 amide bonds. The summed E-state index contributed by atoms with van der Waals surface area (Å²) in [6.07, 6.45) is 3.09. The van der Waals surface area contributed by atoms with Crippen LogP contribution in [-0.2, 0) is 11.2 Å². The molecule has 0 spiro atoms. The van der Waals surface area contributed by atoms with Gasteiger partial charge in [0, 0.05) is 22.7 Å². The van der Waals surface area contributed by atoms with Crippen LogP contribution in [0.25, 0.3) is 0 Å². The highest BCUT2D eigenvalue weighted by molar-refractivity contribution is 6.36. The van der Waals surface area contributed by atoms with Crippen LogP contribution in [0.4, 0.5) is 0 Å². The average Bonchev–Trinajstić information content (AvgIpc) is 2.38. The summed E-state index contributed by atoms with van der Waals surface area (Å²) >= 11 is 12.5. The maximum atomic E-state index is 6.24. The lowest BCUT2D eigenvalue weighted by Gasteiger charge is -2.27. The predicted octanol–water partition coefficient (Wildman–Crippen LogP) is 4.33. The van der Waals surface area contributed by atoms with E-state index in [4.69, 9.17) is 27.9 Å². The Balaban J connectivity index is 2.85. The number of hydrogen-bond acceptors (Lipinski definition) is 2. The van der Waals surface area contributed by atoms with Gasteiger partial charge in [0.2, 0.25) is 0 Å². The fraction of sp³-hybridized carbons (Fsp3) is 0.600. The highest BCUT2D eigenvalue weighted by Gasteiger charge is 2.22. The fourth-order valence-corrected chi connectivity index (χ4v) is 2.82. The molecule has 1 N–H and O–H groups in total. The number of benzene rings is 1. The van der Waals surface area contributed by atoms with Crippen molar-refractivity contribution >= 4 is 23.2 Å². The molecule has 2 unspecified atom stereocenters. The van der Waals surface area contributed by atoms with E-state index in [-0.39, 0.29) is 12.1 Å². The van der Waals surface area contributed by atoms with Gasteiger partial charge in [-0.15, -0.1) is 0 Å². The topological polar surface area (TPSA) is 21.3 Å². The molecule has 1 rings (SSSR count). The Morgan fingerprint density at radius 2 is 1.84 bits per heavy atom. The first-order valence-electron chi connectivity index (χ1n) is 6.85. The number of nitrogens with one attached hydrogen (secondary N) is 1. The van der Waals surface area contributed by atoms with Gasteiger partial charge in [0.25, 0.3) is 0 Å². The van der Waals surface area contributed by atoms with E-state index in [1.54, 1.807) is 0 Å². The molecule has 0 aliphatic heterocycles. The van der Waals surface area contributed by atoms with Crippen molar-refractivity contribution < 1.29 is 4.74 Å². The van der Waals surface area contributed by atoms with Gasteiger partial charge >= 0.3 is 0 Å². The van der Waals surface area contributed by atoms with Crippen molar-refractivity contribution in [2.24, 2.45) is 0 Å². The van der Waals surface area contributed by atoms with Crippen LogP contribution < -0.4 is 5.32 Å². The molecule has 2 nitrogen and oxygen atoms in total. The molecule has 1 aromatic rings. The standard InChI is InChI=1S/C15H23Cl2NO/c1-4-7-15(19-5-2)14(18-3)10-11-12(16)8-6-9-13(11)17/h6,8-9,14-15,18H,4-5,7,10H2,1-3H3. The highest BCUT2D eigenvalue weighted by atomic mass is 35.5. The molecule has 108 valence electrons. The van der Waals surface area contributed by atoms with Gasteiger partial charge < -0.3 is 10.1 Å². The minimum atomic E-state index is 0.187. The summed E-state index contributed by atoms with van der Waals surface area (Å²) in [5, 5.41) is 4.78. The van der Waals surface area contributed by atoms with Crippen molar-refractivity contribution in [3.8, 4) is 0 Å².